The normalized spacial score (nSPS) is 13.7. The van der Waals surface area contributed by atoms with Crippen LogP contribution >= 0.6 is 34.8 Å². The van der Waals surface area contributed by atoms with Crippen LogP contribution in [0.15, 0.2) is 36.4 Å². The van der Waals surface area contributed by atoms with Crippen molar-refractivity contribution < 1.29 is 24.4 Å². The highest BCUT2D eigenvalue weighted by Gasteiger charge is 2.25. The van der Waals surface area contributed by atoms with Gasteiger partial charge in [0.2, 0.25) is 0 Å². The van der Waals surface area contributed by atoms with Crippen LogP contribution < -0.4 is 9.47 Å². The van der Waals surface area contributed by atoms with Crippen molar-refractivity contribution in [2.45, 2.75) is 31.5 Å². The van der Waals surface area contributed by atoms with Crippen LogP contribution in [-0.4, -0.2) is 55.2 Å². The van der Waals surface area contributed by atoms with Crippen molar-refractivity contribution in [1.82, 2.24) is 0 Å². The van der Waals surface area contributed by atoms with Crippen LogP contribution in [0.2, 0.25) is 10.0 Å². The lowest BCUT2D eigenvalue weighted by molar-refractivity contribution is 0.0326. The molecule has 0 fully saturated rings. The summed E-state index contributed by atoms with van der Waals surface area (Å²) in [5, 5.41) is 20.2. The van der Waals surface area contributed by atoms with Gasteiger partial charge in [-0.05, 0) is 35.4 Å². The third-order valence-electron chi connectivity index (χ3n) is 4.71. The molecule has 5 nitrogen and oxygen atoms in total. The fraction of sp³-hybridized carbons (Fsp3) is 0.455. The maximum Gasteiger partial charge on any atom is 0.138 e. The Morgan fingerprint density at radius 2 is 1.30 bits per heavy atom. The molecular formula is C22H27Cl3O5. The van der Waals surface area contributed by atoms with Gasteiger partial charge in [0, 0.05) is 12.5 Å². The van der Waals surface area contributed by atoms with Crippen molar-refractivity contribution in [3.8, 4) is 11.5 Å². The summed E-state index contributed by atoms with van der Waals surface area (Å²) in [4.78, 5) is 0. The summed E-state index contributed by atoms with van der Waals surface area (Å²) in [6.45, 7) is 4.47. The number of methoxy groups -OCH3 is 1. The van der Waals surface area contributed by atoms with Gasteiger partial charge in [0.15, 0.2) is 0 Å². The van der Waals surface area contributed by atoms with Crippen LogP contribution in [0.1, 0.15) is 25.0 Å². The van der Waals surface area contributed by atoms with E-state index in [1.165, 1.54) is 7.11 Å². The average Bonchev–Trinajstić information content (AvgIpc) is 2.71. The molecule has 0 aliphatic rings. The number of ether oxygens (including phenoxy) is 3. The number of hydrogen-bond donors (Lipinski definition) is 2. The molecule has 0 radical (unpaired) electrons. The topological polar surface area (TPSA) is 68.2 Å². The zero-order valence-electron chi connectivity index (χ0n) is 17.2. The van der Waals surface area contributed by atoms with Gasteiger partial charge in [0.25, 0.3) is 0 Å². The lowest BCUT2D eigenvalue weighted by Crippen LogP contribution is -2.23. The van der Waals surface area contributed by atoms with E-state index in [1.807, 2.05) is 24.3 Å². The fourth-order valence-corrected chi connectivity index (χ4v) is 3.40. The van der Waals surface area contributed by atoms with E-state index in [2.05, 4.69) is 13.8 Å². The predicted molar refractivity (Wildman–Crippen MR) is 121 cm³/mol. The van der Waals surface area contributed by atoms with Crippen molar-refractivity contribution in [2.24, 2.45) is 0 Å². The largest absolute Gasteiger partial charge is 0.489 e. The minimum absolute atomic E-state index is 0.0715. The van der Waals surface area contributed by atoms with E-state index >= 15 is 0 Å². The minimum atomic E-state index is -0.752. The van der Waals surface area contributed by atoms with Gasteiger partial charge in [0.05, 0.1) is 22.5 Å². The molecule has 2 aromatic carbocycles. The van der Waals surface area contributed by atoms with Crippen LogP contribution in [0, 0.1) is 0 Å². The van der Waals surface area contributed by atoms with E-state index in [4.69, 9.17) is 49.0 Å². The maximum absolute atomic E-state index is 9.73. The number of halogens is 3. The van der Waals surface area contributed by atoms with Crippen molar-refractivity contribution in [3.05, 3.63) is 57.6 Å². The van der Waals surface area contributed by atoms with E-state index in [9.17, 15) is 10.2 Å². The molecule has 0 saturated carbocycles. The van der Waals surface area contributed by atoms with E-state index in [1.54, 1.807) is 12.1 Å². The number of rotatable bonds is 11. The molecule has 0 saturated heterocycles. The zero-order valence-corrected chi connectivity index (χ0v) is 19.5. The number of alkyl halides is 1. The summed E-state index contributed by atoms with van der Waals surface area (Å²) in [6.07, 6.45) is -1.48. The Morgan fingerprint density at radius 1 is 0.833 bits per heavy atom. The molecule has 0 heterocycles. The average molecular weight is 478 g/mol. The van der Waals surface area contributed by atoms with Gasteiger partial charge >= 0.3 is 0 Å². The molecule has 2 rings (SSSR count). The Balaban J connectivity index is 2.16. The third-order valence-corrected chi connectivity index (χ3v) is 5.65. The lowest BCUT2D eigenvalue weighted by atomic mass is 9.78. The van der Waals surface area contributed by atoms with Gasteiger partial charge in [0.1, 0.15) is 36.9 Å². The standard InChI is InChI=1S/C22H27Cl3O5/c1-22(2,14-4-6-20(18(24)8-14)29-12-16(26)10-23)15-5-7-21(19(25)9-15)30-13-17(27)11-28-3/h4-9,16-17,26-27H,10-13H2,1-3H3. The summed E-state index contributed by atoms with van der Waals surface area (Å²) < 4.78 is 16.0. The van der Waals surface area contributed by atoms with Crippen LogP contribution in [0.5, 0.6) is 11.5 Å². The fourth-order valence-electron chi connectivity index (χ4n) is 2.84. The second kappa shape index (κ2) is 11.4. The van der Waals surface area contributed by atoms with Gasteiger partial charge in [-0.2, -0.15) is 0 Å². The highest BCUT2D eigenvalue weighted by atomic mass is 35.5. The molecular weight excluding hydrogens is 451 g/mol. The molecule has 2 atom stereocenters. The highest BCUT2D eigenvalue weighted by Crippen LogP contribution is 2.38. The zero-order chi connectivity index (χ0) is 22.3. The molecule has 0 amide bonds. The first kappa shape index (κ1) is 25.1. The predicted octanol–water partition coefficient (Wildman–Crippen LogP) is 4.68. The summed E-state index contributed by atoms with van der Waals surface area (Å²) >= 11 is 18.4. The first-order valence-electron chi connectivity index (χ1n) is 9.45. The van der Waals surface area contributed by atoms with E-state index in [-0.39, 0.29) is 25.7 Å². The summed E-state index contributed by atoms with van der Waals surface area (Å²) in [5.41, 5.74) is 1.55. The van der Waals surface area contributed by atoms with Crippen LogP contribution in [0.4, 0.5) is 0 Å². The molecule has 166 valence electrons. The minimum Gasteiger partial charge on any atom is -0.489 e. The summed E-state index contributed by atoms with van der Waals surface area (Å²) in [6, 6.07) is 11.1. The summed E-state index contributed by atoms with van der Waals surface area (Å²) in [5.74, 6) is 1.07. The van der Waals surface area contributed by atoms with Crippen molar-refractivity contribution in [3.63, 3.8) is 0 Å². The lowest BCUT2D eigenvalue weighted by Gasteiger charge is -2.27. The first-order chi connectivity index (χ1) is 14.2. The number of benzene rings is 2. The molecule has 0 aliphatic heterocycles. The van der Waals surface area contributed by atoms with Gasteiger partial charge in [-0.1, -0.05) is 49.2 Å². The molecule has 0 aromatic heterocycles. The van der Waals surface area contributed by atoms with Crippen molar-refractivity contribution in [1.29, 1.82) is 0 Å². The molecule has 0 aliphatic carbocycles. The smallest absolute Gasteiger partial charge is 0.138 e. The number of aliphatic hydroxyl groups is 2. The second-order valence-corrected chi connectivity index (χ2v) is 8.58. The van der Waals surface area contributed by atoms with Gasteiger partial charge in [-0.3, -0.25) is 0 Å². The molecule has 0 spiro atoms. The molecule has 2 unspecified atom stereocenters. The Hall–Kier alpha value is -1.21. The van der Waals surface area contributed by atoms with Crippen molar-refractivity contribution >= 4 is 34.8 Å². The first-order valence-corrected chi connectivity index (χ1v) is 10.7. The Kier molecular flexibility index (Phi) is 9.54. The molecule has 30 heavy (non-hydrogen) atoms. The van der Waals surface area contributed by atoms with E-state index in [0.717, 1.165) is 11.1 Å². The van der Waals surface area contributed by atoms with Gasteiger partial charge in [-0.15, -0.1) is 11.6 Å². The number of hydrogen-bond acceptors (Lipinski definition) is 5. The van der Waals surface area contributed by atoms with Gasteiger partial charge < -0.3 is 24.4 Å². The Labute approximate surface area is 192 Å². The van der Waals surface area contributed by atoms with Crippen LogP contribution in [0.25, 0.3) is 0 Å². The number of aliphatic hydroxyl groups excluding tert-OH is 2. The van der Waals surface area contributed by atoms with E-state index in [0.29, 0.717) is 21.5 Å². The molecule has 0 bridgehead atoms. The van der Waals surface area contributed by atoms with Crippen molar-refractivity contribution in [2.75, 3.05) is 32.8 Å². The maximum atomic E-state index is 9.73. The third kappa shape index (κ3) is 6.64. The molecule has 2 aromatic rings. The quantitative estimate of drug-likeness (QED) is 0.460. The van der Waals surface area contributed by atoms with Crippen LogP contribution in [-0.2, 0) is 10.2 Å². The molecule has 2 N–H and O–H groups in total. The Morgan fingerprint density at radius 3 is 1.70 bits per heavy atom. The highest BCUT2D eigenvalue weighted by molar-refractivity contribution is 6.32. The van der Waals surface area contributed by atoms with Crippen LogP contribution in [0.3, 0.4) is 0 Å². The second-order valence-electron chi connectivity index (χ2n) is 7.45. The Bertz CT molecular complexity index is 828. The molecule has 8 heteroatoms. The SMILES string of the molecule is COCC(O)COc1ccc(C(C)(C)c2ccc(OCC(O)CCl)c(Cl)c2)cc1Cl. The van der Waals surface area contributed by atoms with Gasteiger partial charge in [-0.25, -0.2) is 0 Å². The monoisotopic (exact) mass is 476 g/mol. The summed E-state index contributed by atoms with van der Waals surface area (Å²) in [7, 11) is 1.52. The van der Waals surface area contributed by atoms with E-state index < -0.39 is 17.6 Å².